The Bertz CT molecular complexity index is 1350. The molecule has 11 heteroatoms. The number of amides is 1. The van der Waals surface area contributed by atoms with Gasteiger partial charge in [0.2, 0.25) is 5.88 Å². The van der Waals surface area contributed by atoms with Gasteiger partial charge in [0.25, 0.3) is 0 Å². The lowest BCUT2D eigenvalue weighted by Crippen LogP contribution is -2.45. The quantitative estimate of drug-likeness (QED) is 0.467. The largest absolute Gasteiger partial charge is 0.474 e. The van der Waals surface area contributed by atoms with E-state index in [1.807, 2.05) is 0 Å². The second-order valence-electron chi connectivity index (χ2n) is 11.8. The molecule has 1 amide bonds. The highest BCUT2D eigenvalue weighted by Crippen LogP contribution is 2.39. The molecule has 1 aromatic carbocycles. The van der Waals surface area contributed by atoms with Crippen LogP contribution in [0.15, 0.2) is 29.4 Å². The van der Waals surface area contributed by atoms with Crippen LogP contribution in [0.2, 0.25) is 0 Å². The molecule has 3 heterocycles. The number of benzene rings is 1. The Morgan fingerprint density at radius 3 is 2.52 bits per heavy atom. The zero-order chi connectivity index (χ0) is 28.6. The Morgan fingerprint density at radius 2 is 1.85 bits per heavy atom. The van der Waals surface area contributed by atoms with Crippen molar-refractivity contribution in [3.8, 4) is 5.88 Å². The van der Waals surface area contributed by atoms with Crippen molar-refractivity contribution in [3.63, 3.8) is 0 Å². The van der Waals surface area contributed by atoms with Crippen molar-refractivity contribution in [1.82, 2.24) is 14.9 Å². The molecule has 1 saturated carbocycles. The van der Waals surface area contributed by atoms with Crippen LogP contribution in [0, 0.1) is 23.6 Å². The first-order chi connectivity index (χ1) is 19.0. The molecule has 40 heavy (non-hydrogen) atoms. The third-order valence-corrected chi connectivity index (χ3v) is 9.66. The van der Waals surface area contributed by atoms with Crippen molar-refractivity contribution < 1.29 is 27.1 Å². The maximum Gasteiger partial charge on any atom is 0.410 e. The molecule has 3 unspecified atom stereocenters. The van der Waals surface area contributed by atoms with Crippen LogP contribution in [0.4, 0.5) is 20.7 Å². The van der Waals surface area contributed by atoms with Crippen LogP contribution >= 0.6 is 0 Å². The minimum atomic E-state index is -3.51. The first-order valence-electron chi connectivity index (χ1n) is 14.2. The number of carbonyl (C=O) groups is 1. The van der Waals surface area contributed by atoms with Crippen LogP contribution in [-0.4, -0.2) is 67.5 Å². The first-order valence-corrected chi connectivity index (χ1v) is 16.1. The van der Waals surface area contributed by atoms with Crippen LogP contribution in [0.3, 0.4) is 0 Å². The molecule has 0 radical (unpaired) electrons. The van der Waals surface area contributed by atoms with Gasteiger partial charge in [0.15, 0.2) is 9.84 Å². The fraction of sp³-hybridized carbons (Fsp3) is 0.621. The molecule has 3 atom stereocenters. The van der Waals surface area contributed by atoms with E-state index in [4.69, 9.17) is 9.47 Å². The van der Waals surface area contributed by atoms with Gasteiger partial charge in [-0.15, -0.1) is 0 Å². The molecule has 3 aliphatic rings. The number of rotatable bonds is 6. The van der Waals surface area contributed by atoms with Gasteiger partial charge in [0.05, 0.1) is 16.1 Å². The van der Waals surface area contributed by atoms with Crippen molar-refractivity contribution >= 4 is 27.4 Å². The summed E-state index contributed by atoms with van der Waals surface area (Å²) in [7, 11) is -3.51. The number of hydrogen-bond acceptors (Lipinski definition) is 8. The summed E-state index contributed by atoms with van der Waals surface area (Å²) in [6.07, 6.45) is 7.20. The standard InChI is InChI=1S/C29H39FN4O5S/c1-18(2)22-7-5-19(3)15-26(22)39-29(35)33-12-9-20(10-13-33)38-28-23-11-14-34(27(23)31-17-32-28)25-8-6-21(16-24(25)30)40(4,36)37/h6,8,16-20,22,26H,5,7,9-15H2,1-4H3. The van der Waals surface area contributed by atoms with Gasteiger partial charge in [0.1, 0.15) is 30.2 Å². The predicted octanol–water partition coefficient (Wildman–Crippen LogP) is 5.15. The van der Waals surface area contributed by atoms with Gasteiger partial charge >= 0.3 is 6.09 Å². The summed E-state index contributed by atoms with van der Waals surface area (Å²) >= 11 is 0. The average molecular weight is 575 g/mol. The lowest BCUT2D eigenvalue weighted by Gasteiger charge is -2.38. The number of piperidine rings is 1. The summed E-state index contributed by atoms with van der Waals surface area (Å²) in [5.41, 5.74) is 1.05. The number of sulfone groups is 1. The molecule has 0 N–H and O–H groups in total. The van der Waals surface area contributed by atoms with Crippen molar-refractivity contribution in [2.75, 3.05) is 30.8 Å². The maximum atomic E-state index is 14.9. The van der Waals surface area contributed by atoms with E-state index in [0.717, 1.165) is 30.7 Å². The molecule has 5 rings (SSSR count). The van der Waals surface area contributed by atoms with Crippen LogP contribution in [0.5, 0.6) is 5.88 Å². The second kappa shape index (κ2) is 11.5. The van der Waals surface area contributed by atoms with E-state index in [1.165, 1.54) is 24.9 Å². The Labute approximate surface area is 236 Å². The summed E-state index contributed by atoms with van der Waals surface area (Å²) < 4.78 is 50.8. The van der Waals surface area contributed by atoms with E-state index in [2.05, 4.69) is 30.7 Å². The Morgan fingerprint density at radius 1 is 1.10 bits per heavy atom. The lowest BCUT2D eigenvalue weighted by molar-refractivity contribution is -0.0166. The normalized spacial score (nSPS) is 23.8. The molecule has 1 aliphatic carbocycles. The van der Waals surface area contributed by atoms with E-state index in [1.54, 1.807) is 9.80 Å². The minimum absolute atomic E-state index is 0.0239. The molecule has 2 aromatic rings. The fourth-order valence-corrected chi connectivity index (χ4v) is 6.84. The third kappa shape index (κ3) is 6.04. The summed E-state index contributed by atoms with van der Waals surface area (Å²) in [5.74, 6) is 1.86. The first kappa shape index (κ1) is 28.6. The SMILES string of the molecule is CC1CCC(C(C)C)C(OC(=O)N2CCC(Oc3ncnc4c3CCN4c3ccc(S(C)(=O)=O)cc3F)CC2)C1. The highest BCUT2D eigenvalue weighted by atomic mass is 32.2. The summed E-state index contributed by atoms with van der Waals surface area (Å²) in [6.45, 7) is 8.22. The predicted molar refractivity (Wildman–Crippen MR) is 149 cm³/mol. The van der Waals surface area contributed by atoms with E-state index in [-0.39, 0.29) is 28.9 Å². The van der Waals surface area contributed by atoms with Gasteiger partial charge in [-0.05, 0) is 55.2 Å². The topological polar surface area (TPSA) is 102 Å². The smallest absolute Gasteiger partial charge is 0.410 e. The molecule has 9 nitrogen and oxygen atoms in total. The molecule has 2 fully saturated rings. The molecular weight excluding hydrogens is 535 g/mol. The van der Waals surface area contributed by atoms with Crippen LogP contribution < -0.4 is 9.64 Å². The summed E-state index contributed by atoms with van der Waals surface area (Å²) in [4.78, 5) is 25.2. The average Bonchev–Trinajstić information content (AvgIpc) is 3.33. The second-order valence-corrected chi connectivity index (χ2v) is 13.8. The highest BCUT2D eigenvalue weighted by Gasteiger charge is 2.36. The lowest BCUT2D eigenvalue weighted by atomic mass is 9.75. The van der Waals surface area contributed by atoms with Gasteiger partial charge in [0, 0.05) is 38.7 Å². The van der Waals surface area contributed by atoms with E-state index >= 15 is 0 Å². The number of carbonyl (C=O) groups excluding carboxylic acids is 1. The highest BCUT2D eigenvalue weighted by molar-refractivity contribution is 7.90. The summed E-state index contributed by atoms with van der Waals surface area (Å²) in [5, 5.41) is 0. The maximum absolute atomic E-state index is 14.9. The number of fused-ring (bicyclic) bond motifs is 1. The van der Waals surface area contributed by atoms with Crippen LogP contribution in [0.1, 0.15) is 58.4 Å². The number of nitrogens with zero attached hydrogens (tertiary/aromatic N) is 4. The number of anilines is 2. The van der Waals surface area contributed by atoms with Gasteiger partial charge in [-0.2, -0.15) is 0 Å². The van der Waals surface area contributed by atoms with Crippen LogP contribution in [0.25, 0.3) is 0 Å². The number of likely N-dealkylation sites (tertiary alicyclic amines) is 1. The molecule has 218 valence electrons. The van der Waals surface area contributed by atoms with Crippen molar-refractivity contribution in [2.24, 2.45) is 17.8 Å². The zero-order valence-corrected chi connectivity index (χ0v) is 24.5. The number of hydrogen-bond donors (Lipinski definition) is 0. The Kier molecular flexibility index (Phi) is 8.22. The molecule has 1 aromatic heterocycles. The zero-order valence-electron chi connectivity index (χ0n) is 23.7. The molecule has 0 bridgehead atoms. The number of halogens is 1. The number of ether oxygens (including phenoxy) is 2. The van der Waals surface area contributed by atoms with Gasteiger partial charge in [-0.25, -0.2) is 27.6 Å². The molecular formula is C29H39FN4O5S. The van der Waals surface area contributed by atoms with Crippen molar-refractivity contribution in [1.29, 1.82) is 0 Å². The van der Waals surface area contributed by atoms with E-state index < -0.39 is 15.7 Å². The fourth-order valence-electron chi connectivity index (χ4n) is 6.21. The molecule has 0 spiro atoms. The molecule has 2 aliphatic heterocycles. The van der Waals surface area contributed by atoms with Crippen molar-refractivity contribution in [3.05, 3.63) is 35.9 Å². The minimum Gasteiger partial charge on any atom is -0.474 e. The number of aromatic nitrogens is 2. The summed E-state index contributed by atoms with van der Waals surface area (Å²) in [6, 6.07) is 3.91. The van der Waals surface area contributed by atoms with Gasteiger partial charge < -0.3 is 19.3 Å². The Balaban J connectivity index is 1.20. The van der Waals surface area contributed by atoms with E-state index in [9.17, 15) is 17.6 Å². The monoisotopic (exact) mass is 574 g/mol. The molecule has 1 saturated heterocycles. The Hall–Kier alpha value is -2.95. The van der Waals surface area contributed by atoms with Gasteiger partial charge in [-0.1, -0.05) is 27.2 Å². The van der Waals surface area contributed by atoms with Crippen molar-refractivity contribution in [2.45, 2.75) is 76.4 Å². The van der Waals surface area contributed by atoms with E-state index in [0.29, 0.717) is 68.3 Å². The third-order valence-electron chi connectivity index (χ3n) is 8.55. The van der Waals surface area contributed by atoms with Gasteiger partial charge in [-0.3, -0.25) is 0 Å². The van der Waals surface area contributed by atoms with Crippen LogP contribution in [-0.2, 0) is 21.0 Å².